The van der Waals surface area contributed by atoms with E-state index in [2.05, 4.69) is 59.3 Å². The van der Waals surface area contributed by atoms with Gasteiger partial charge in [0, 0.05) is 43.1 Å². The highest BCUT2D eigenvalue weighted by atomic mass is 16.7. The van der Waals surface area contributed by atoms with Crippen LogP contribution in [0.4, 0.5) is 5.95 Å². The summed E-state index contributed by atoms with van der Waals surface area (Å²) in [7, 11) is -0.359. The predicted molar refractivity (Wildman–Crippen MR) is 136 cm³/mol. The maximum atomic E-state index is 6.14. The molecule has 0 amide bonds. The minimum Gasteiger partial charge on any atom is -0.399 e. The highest BCUT2D eigenvalue weighted by Gasteiger charge is 2.51. The van der Waals surface area contributed by atoms with Crippen molar-refractivity contribution in [2.75, 3.05) is 31.2 Å². The molecule has 0 saturated carbocycles. The van der Waals surface area contributed by atoms with Gasteiger partial charge in [0.1, 0.15) is 0 Å². The van der Waals surface area contributed by atoms with Crippen LogP contribution in [-0.4, -0.2) is 77.6 Å². The van der Waals surface area contributed by atoms with Crippen LogP contribution in [0.1, 0.15) is 51.7 Å². The van der Waals surface area contributed by atoms with Crippen LogP contribution in [0.15, 0.2) is 36.7 Å². The summed E-state index contributed by atoms with van der Waals surface area (Å²) in [4.78, 5) is 14.3. The molecule has 182 valence electrons. The van der Waals surface area contributed by atoms with Crippen molar-refractivity contribution in [2.45, 2.75) is 69.9 Å². The zero-order valence-corrected chi connectivity index (χ0v) is 21.0. The lowest BCUT2D eigenvalue weighted by Gasteiger charge is -2.47. The van der Waals surface area contributed by atoms with Crippen LogP contribution in [0.2, 0.25) is 0 Å². The Labute approximate surface area is 208 Å². The number of hydrogen-bond donors (Lipinski definition) is 0. The molecular weight excluding hydrogens is 439 g/mol. The molecule has 0 aliphatic carbocycles. The lowest BCUT2D eigenvalue weighted by molar-refractivity contribution is -0.0851. The van der Waals surface area contributed by atoms with Crippen LogP contribution >= 0.6 is 0 Å². The third-order valence-corrected chi connectivity index (χ3v) is 8.29. The van der Waals surface area contributed by atoms with Gasteiger partial charge in [-0.15, -0.1) is 0 Å². The van der Waals surface area contributed by atoms with Crippen LogP contribution in [-0.2, 0) is 14.0 Å². The van der Waals surface area contributed by atoms with Gasteiger partial charge >= 0.3 is 7.12 Å². The number of nitrogens with zero attached hydrogens (tertiary/aromatic N) is 4. The number of fused-ring (bicyclic) bond motifs is 2. The Morgan fingerprint density at radius 1 is 0.829 bits per heavy atom. The molecule has 0 radical (unpaired) electrons. The smallest absolute Gasteiger partial charge is 0.399 e. The number of benzene rings is 1. The summed E-state index contributed by atoms with van der Waals surface area (Å²) in [6, 6.07) is 9.84. The van der Waals surface area contributed by atoms with Gasteiger partial charge in [-0.2, -0.15) is 0 Å². The van der Waals surface area contributed by atoms with Crippen LogP contribution in [0.5, 0.6) is 0 Å². The second-order valence-electron chi connectivity index (χ2n) is 11.2. The first-order chi connectivity index (χ1) is 16.8. The third kappa shape index (κ3) is 4.25. The molecule has 5 heterocycles. The highest BCUT2D eigenvalue weighted by molar-refractivity contribution is 6.62. The zero-order chi connectivity index (χ0) is 24.2. The normalized spacial score (nSPS) is 27.4. The fourth-order valence-electron chi connectivity index (χ4n) is 5.49. The van der Waals surface area contributed by atoms with Crippen molar-refractivity contribution in [3.8, 4) is 11.8 Å². The molecule has 0 N–H and O–H groups in total. The van der Waals surface area contributed by atoms with Gasteiger partial charge in [0.15, 0.2) is 0 Å². The number of ether oxygens (including phenoxy) is 1. The average molecular weight is 472 g/mol. The largest absolute Gasteiger partial charge is 0.494 e. The molecule has 7 nitrogen and oxygen atoms in total. The van der Waals surface area contributed by atoms with Gasteiger partial charge < -0.3 is 18.9 Å². The number of hydrogen-bond acceptors (Lipinski definition) is 7. The van der Waals surface area contributed by atoms with E-state index in [1.54, 1.807) is 0 Å². The Morgan fingerprint density at radius 2 is 1.40 bits per heavy atom. The van der Waals surface area contributed by atoms with Gasteiger partial charge in [-0.05, 0) is 58.1 Å². The Kier molecular flexibility index (Phi) is 5.65. The minimum absolute atomic E-state index is 0.346. The fourth-order valence-corrected chi connectivity index (χ4v) is 5.49. The monoisotopic (exact) mass is 472 g/mol. The van der Waals surface area contributed by atoms with Gasteiger partial charge in [-0.1, -0.05) is 24.0 Å². The van der Waals surface area contributed by atoms with E-state index >= 15 is 0 Å². The average Bonchev–Trinajstić information content (AvgIpc) is 3.17. The van der Waals surface area contributed by atoms with Gasteiger partial charge in [-0.25, -0.2) is 9.97 Å². The first-order valence-corrected chi connectivity index (χ1v) is 12.7. The van der Waals surface area contributed by atoms with Crippen molar-refractivity contribution in [3.63, 3.8) is 0 Å². The lowest BCUT2D eigenvalue weighted by atomic mass is 9.79. The van der Waals surface area contributed by atoms with Crippen molar-refractivity contribution < 1.29 is 14.0 Å². The van der Waals surface area contributed by atoms with E-state index in [0.29, 0.717) is 18.1 Å². The Hall–Kier alpha value is -2.44. The van der Waals surface area contributed by atoms with Crippen molar-refractivity contribution in [3.05, 3.63) is 47.8 Å². The van der Waals surface area contributed by atoms with Crippen LogP contribution in [0.25, 0.3) is 0 Å². The summed E-state index contributed by atoms with van der Waals surface area (Å²) in [5, 5.41) is 0. The summed E-state index contributed by atoms with van der Waals surface area (Å²) >= 11 is 0. The molecule has 2 bridgehead atoms. The van der Waals surface area contributed by atoms with E-state index in [0.717, 1.165) is 48.8 Å². The van der Waals surface area contributed by atoms with Gasteiger partial charge in [0.2, 0.25) is 5.95 Å². The standard InChI is InChI=1S/C27H33BN4O3/c1-26(2)27(3,4)35-28(34-26)21-9-7-19(8-10-21)5-6-20-13-29-25(30-14-20)31-15-22-11-12-23(16-31)32(22)24-17-33-18-24/h7-10,13-14,22-24H,11-12,15-18H2,1-4H3/t22-,23+. The Balaban J connectivity index is 1.09. The maximum absolute atomic E-state index is 6.14. The first kappa shape index (κ1) is 23.0. The molecule has 1 aromatic carbocycles. The molecule has 0 spiro atoms. The Bertz CT molecular complexity index is 1110. The molecule has 0 unspecified atom stereocenters. The molecular formula is C27H33BN4O3. The van der Waals surface area contributed by atoms with E-state index in [9.17, 15) is 0 Å². The van der Waals surface area contributed by atoms with E-state index in [4.69, 9.17) is 14.0 Å². The molecule has 1 aromatic heterocycles. The van der Waals surface area contributed by atoms with Crippen molar-refractivity contribution in [1.82, 2.24) is 14.9 Å². The summed E-state index contributed by atoms with van der Waals surface area (Å²) < 4.78 is 17.7. The van der Waals surface area contributed by atoms with Crippen LogP contribution in [0.3, 0.4) is 0 Å². The molecule has 35 heavy (non-hydrogen) atoms. The highest BCUT2D eigenvalue weighted by Crippen LogP contribution is 2.37. The van der Waals surface area contributed by atoms with Gasteiger partial charge in [0.25, 0.3) is 0 Å². The van der Waals surface area contributed by atoms with E-state index in [1.807, 2.05) is 36.7 Å². The molecule has 6 rings (SSSR count). The second-order valence-corrected chi connectivity index (χ2v) is 11.2. The number of piperazine rings is 1. The van der Waals surface area contributed by atoms with Crippen molar-refractivity contribution in [1.29, 1.82) is 0 Å². The van der Waals surface area contributed by atoms with E-state index in [1.165, 1.54) is 12.8 Å². The topological polar surface area (TPSA) is 60.0 Å². The molecule has 4 aliphatic rings. The fraction of sp³-hybridized carbons (Fsp3) is 0.556. The van der Waals surface area contributed by atoms with Crippen molar-refractivity contribution in [2.24, 2.45) is 0 Å². The maximum Gasteiger partial charge on any atom is 0.494 e. The van der Waals surface area contributed by atoms with Gasteiger partial charge in [-0.3, -0.25) is 4.90 Å². The van der Waals surface area contributed by atoms with Crippen LogP contribution < -0.4 is 10.4 Å². The molecule has 4 aliphatic heterocycles. The van der Waals surface area contributed by atoms with E-state index < -0.39 is 0 Å². The number of aromatic nitrogens is 2. The second kappa shape index (κ2) is 8.60. The molecule has 2 aromatic rings. The summed E-state index contributed by atoms with van der Waals surface area (Å²) in [6.45, 7) is 12.0. The predicted octanol–water partition coefficient (Wildman–Crippen LogP) is 2.23. The molecule has 8 heteroatoms. The van der Waals surface area contributed by atoms with Crippen LogP contribution in [0, 0.1) is 11.8 Å². The zero-order valence-electron chi connectivity index (χ0n) is 21.0. The third-order valence-electron chi connectivity index (χ3n) is 8.29. The SMILES string of the molecule is CC1(C)OB(c2ccc(C#Cc3cnc(N4C[C@H]5CC[C@@H](C4)N5C4COC4)nc3)cc2)OC1(C)C. The number of anilines is 1. The lowest BCUT2D eigenvalue weighted by Crippen LogP contribution is -2.62. The quantitative estimate of drug-likeness (QED) is 0.502. The molecule has 4 saturated heterocycles. The first-order valence-electron chi connectivity index (χ1n) is 12.7. The van der Waals surface area contributed by atoms with E-state index in [-0.39, 0.29) is 18.3 Å². The van der Waals surface area contributed by atoms with Crippen molar-refractivity contribution >= 4 is 18.5 Å². The molecule has 4 fully saturated rings. The van der Waals surface area contributed by atoms with Gasteiger partial charge in [0.05, 0.1) is 36.0 Å². The summed E-state index contributed by atoms with van der Waals surface area (Å²) in [5.41, 5.74) is 2.06. The summed E-state index contributed by atoms with van der Waals surface area (Å²) in [6.07, 6.45) is 6.19. The summed E-state index contributed by atoms with van der Waals surface area (Å²) in [5.74, 6) is 7.23. The minimum atomic E-state index is -0.359. The Morgan fingerprint density at radius 3 is 1.94 bits per heavy atom. The molecule has 2 atom stereocenters. The number of rotatable bonds is 3.